The molecule has 0 fully saturated rings. The highest BCUT2D eigenvalue weighted by Crippen LogP contribution is 2.48. The van der Waals surface area contributed by atoms with E-state index in [1.165, 1.54) is 14.2 Å². The Bertz CT molecular complexity index is 1510. The quantitative estimate of drug-likeness (QED) is 0.328. The number of aryl methyl sites for hydroxylation is 1. The molecule has 4 aromatic rings. The van der Waals surface area contributed by atoms with Gasteiger partial charge >= 0.3 is 18.0 Å². The summed E-state index contributed by atoms with van der Waals surface area (Å²) in [6.45, 7) is 7.19. The van der Waals surface area contributed by atoms with Crippen LogP contribution in [-0.4, -0.2) is 58.0 Å². The number of methoxy groups -OCH3 is 2. The zero-order chi connectivity index (χ0) is 27.1. The van der Waals surface area contributed by atoms with E-state index < -0.39 is 12.1 Å². The second-order valence-electron chi connectivity index (χ2n) is 8.90. The van der Waals surface area contributed by atoms with Gasteiger partial charge in [-0.3, -0.25) is 0 Å². The third-order valence-corrected chi connectivity index (χ3v) is 7.04. The molecule has 1 aliphatic heterocycles. The van der Waals surface area contributed by atoms with Gasteiger partial charge in [0.15, 0.2) is 6.10 Å². The van der Waals surface area contributed by atoms with Crippen LogP contribution >= 0.6 is 11.6 Å². The zero-order valence-corrected chi connectivity index (χ0v) is 22.5. The number of aromatic nitrogens is 4. The van der Waals surface area contributed by atoms with Gasteiger partial charge in [-0.2, -0.15) is 9.97 Å². The zero-order valence-electron chi connectivity index (χ0n) is 21.8. The van der Waals surface area contributed by atoms with Crippen LogP contribution in [0.1, 0.15) is 29.8 Å². The third kappa shape index (κ3) is 4.19. The van der Waals surface area contributed by atoms with Gasteiger partial charge in [0.05, 0.1) is 25.4 Å². The molecule has 1 aliphatic rings. The molecular weight excluding hydrogens is 510 g/mol. The Kier molecular flexibility index (Phi) is 6.85. The van der Waals surface area contributed by atoms with Crippen molar-refractivity contribution in [3.63, 3.8) is 0 Å². The molecule has 0 saturated carbocycles. The summed E-state index contributed by atoms with van der Waals surface area (Å²) in [6, 6.07) is 9.75. The van der Waals surface area contributed by atoms with Gasteiger partial charge in [-0.25, -0.2) is 4.79 Å². The molecule has 1 atom stereocenters. The Morgan fingerprint density at radius 1 is 1.08 bits per heavy atom. The second-order valence-corrected chi connectivity index (χ2v) is 9.34. The number of carbonyl (C=O) groups is 1. The van der Waals surface area contributed by atoms with Gasteiger partial charge < -0.3 is 28.8 Å². The van der Waals surface area contributed by atoms with E-state index in [4.69, 9.17) is 25.8 Å². The van der Waals surface area contributed by atoms with Crippen molar-refractivity contribution in [1.82, 2.24) is 19.5 Å². The van der Waals surface area contributed by atoms with E-state index in [-0.39, 0.29) is 18.6 Å². The van der Waals surface area contributed by atoms with E-state index in [1.807, 2.05) is 30.9 Å². The van der Waals surface area contributed by atoms with Crippen LogP contribution in [0.2, 0.25) is 5.02 Å². The topological polar surface area (TPSA) is 112 Å². The lowest BCUT2D eigenvalue weighted by Gasteiger charge is -2.33. The normalized spacial score (nSPS) is 13.6. The molecule has 38 heavy (non-hydrogen) atoms. The Morgan fingerprint density at radius 3 is 2.32 bits per heavy atom. The Labute approximate surface area is 224 Å². The molecule has 2 aromatic heterocycles. The van der Waals surface area contributed by atoms with E-state index in [1.54, 1.807) is 19.1 Å². The number of hydrogen-bond donors (Lipinski definition) is 1. The molecule has 3 heterocycles. The predicted octanol–water partition coefficient (Wildman–Crippen LogP) is 5.09. The van der Waals surface area contributed by atoms with Crippen LogP contribution in [0, 0.1) is 13.8 Å². The first-order valence-electron chi connectivity index (χ1n) is 12.2. The number of ether oxygens (including phenoxy) is 3. The summed E-state index contributed by atoms with van der Waals surface area (Å²) in [7, 11) is 2.95. The predicted molar refractivity (Wildman–Crippen MR) is 144 cm³/mol. The van der Waals surface area contributed by atoms with Gasteiger partial charge in [0.25, 0.3) is 0 Å². The SMILES string of the molecule is CCO[C@H](C(=O)O)c1c(C)c2c3c(cc(C)n3CCN2c2nc(OC)nc(OC)n2)c1-c1ccc(Cl)cc1. The molecule has 0 saturated heterocycles. The number of benzene rings is 2. The number of carboxylic acids is 1. The average Bonchev–Trinajstić information content (AvgIpc) is 3.25. The summed E-state index contributed by atoms with van der Waals surface area (Å²) in [5.41, 5.74) is 5.78. The Hall–Kier alpha value is -3.89. The van der Waals surface area contributed by atoms with E-state index >= 15 is 0 Å². The summed E-state index contributed by atoms with van der Waals surface area (Å²) in [4.78, 5) is 27.7. The molecule has 0 unspecified atom stereocenters. The first-order valence-corrected chi connectivity index (χ1v) is 12.5. The number of anilines is 2. The maximum atomic E-state index is 12.6. The van der Waals surface area contributed by atoms with Gasteiger partial charge in [-0.1, -0.05) is 23.7 Å². The van der Waals surface area contributed by atoms with Crippen LogP contribution in [0.25, 0.3) is 22.0 Å². The minimum Gasteiger partial charge on any atom is -0.479 e. The summed E-state index contributed by atoms with van der Waals surface area (Å²) >= 11 is 6.20. The number of hydrogen-bond acceptors (Lipinski definition) is 8. The third-order valence-electron chi connectivity index (χ3n) is 6.79. The number of carboxylic acid groups (broad SMARTS) is 1. The molecule has 0 aliphatic carbocycles. The van der Waals surface area contributed by atoms with Crippen molar-refractivity contribution < 1.29 is 24.1 Å². The standard InChI is InChI=1S/C27H28ClN5O5/c1-6-38-23(24(34)35)19-15(3)21-22-18(20(19)16-7-9-17(28)10-8-16)13-14(2)32(22)11-12-33(21)25-29-26(36-4)31-27(30-25)37-5/h7-10,13,23H,6,11-12H2,1-5H3,(H,34,35)/t23-/m0/s1. The molecule has 10 nitrogen and oxygen atoms in total. The number of halogens is 1. The minimum atomic E-state index is -1.19. The highest BCUT2D eigenvalue weighted by molar-refractivity contribution is 6.30. The first-order chi connectivity index (χ1) is 18.3. The van der Waals surface area contributed by atoms with Crippen LogP contribution in [0.4, 0.5) is 11.6 Å². The lowest BCUT2D eigenvalue weighted by atomic mass is 9.87. The summed E-state index contributed by atoms with van der Waals surface area (Å²) in [5, 5.41) is 11.8. The molecule has 0 amide bonds. The Morgan fingerprint density at radius 2 is 1.74 bits per heavy atom. The van der Waals surface area contributed by atoms with E-state index in [9.17, 15) is 9.90 Å². The molecule has 5 rings (SSSR count). The smallest absolute Gasteiger partial charge is 0.337 e. The Balaban J connectivity index is 1.89. The molecule has 0 bridgehead atoms. The van der Waals surface area contributed by atoms with E-state index in [0.717, 1.165) is 39.0 Å². The van der Waals surface area contributed by atoms with Crippen molar-refractivity contribution in [2.45, 2.75) is 33.4 Å². The molecule has 0 spiro atoms. The monoisotopic (exact) mass is 537 g/mol. The first kappa shape index (κ1) is 25.7. The molecular formula is C27H28ClN5O5. The lowest BCUT2D eigenvalue weighted by Crippen LogP contribution is -2.31. The van der Waals surface area contributed by atoms with Crippen molar-refractivity contribution in [1.29, 1.82) is 0 Å². The van der Waals surface area contributed by atoms with Crippen molar-refractivity contribution in [2.24, 2.45) is 0 Å². The van der Waals surface area contributed by atoms with Gasteiger partial charge in [0.2, 0.25) is 5.95 Å². The maximum absolute atomic E-state index is 12.6. The minimum absolute atomic E-state index is 0.119. The van der Waals surface area contributed by atoms with Gasteiger partial charge in [0.1, 0.15) is 0 Å². The maximum Gasteiger partial charge on any atom is 0.337 e. The fourth-order valence-corrected chi connectivity index (χ4v) is 5.35. The van der Waals surface area contributed by atoms with Crippen LogP contribution in [-0.2, 0) is 16.1 Å². The van der Waals surface area contributed by atoms with Crippen LogP contribution in [0.15, 0.2) is 30.3 Å². The van der Waals surface area contributed by atoms with Gasteiger partial charge in [-0.05, 0) is 55.7 Å². The number of rotatable bonds is 8. The van der Waals surface area contributed by atoms with Crippen molar-refractivity contribution in [3.8, 4) is 23.1 Å². The van der Waals surface area contributed by atoms with Gasteiger partial charge in [0, 0.05) is 41.4 Å². The summed E-state index contributed by atoms with van der Waals surface area (Å²) < 4.78 is 18.7. The largest absolute Gasteiger partial charge is 0.479 e. The average molecular weight is 538 g/mol. The van der Waals surface area contributed by atoms with Crippen molar-refractivity contribution in [3.05, 3.63) is 52.2 Å². The highest BCUT2D eigenvalue weighted by atomic mass is 35.5. The lowest BCUT2D eigenvalue weighted by molar-refractivity contribution is -0.150. The second kappa shape index (κ2) is 10.1. The summed E-state index contributed by atoms with van der Waals surface area (Å²) in [5.74, 6) is -0.726. The fourth-order valence-electron chi connectivity index (χ4n) is 5.22. The molecule has 2 aromatic carbocycles. The molecule has 1 N–H and O–H groups in total. The van der Waals surface area contributed by atoms with Crippen molar-refractivity contribution in [2.75, 3.05) is 32.3 Å². The van der Waals surface area contributed by atoms with Gasteiger partial charge in [-0.15, -0.1) is 4.98 Å². The molecule has 11 heteroatoms. The van der Waals surface area contributed by atoms with Crippen molar-refractivity contribution >= 4 is 40.1 Å². The van der Waals surface area contributed by atoms with E-state index in [0.29, 0.717) is 29.6 Å². The summed E-state index contributed by atoms with van der Waals surface area (Å²) in [6.07, 6.45) is -1.19. The van der Waals surface area contributed by atoms with Crippen LogP contribution in [0.3, 0.4) is 0 Å². The highest BCUT2D eigenvalue weighted by Gasteiger charge is 2.35. The fraction of sp³-hybridized carbons (Fsp3) is 0.333. The number of nitrogens with zero attached hydrogens (tertiary/aromatic N) is 5. The van der Waals surface area contributed by atoms with E-state index in [2.05, 4.69) is 25.6 Å². The molecule has 198 valence electrons. The van der Waals surface area contributed by atoms with Crippen LogP contribution in [0.5, 0.6) is 12.0 Å². The number of aliphatic carboxylic acids is 1. The molecule has 0 radical (unpaired) electrons. The van der Waals surface area contributed by atoms with Crippen LogP contribution < -0.4 is 14.4 Å².